The van der Waals surface area contributed by atoms with Crippen LogP contribution in [0.3, 0.4) is 0 Å². The van der Waals surface area contributed by atoms with Crippen molar-refractivity contribution >= 4 is 17.4 Å². The number of aliphatic hydroxyl groups is 1. The monoisotopic (exact) mass is 354 g/mol. The van der Waals surface area contributed by atoms with E-state index >= 15 is 0 Å². The molecule has 1 aromatic carbocycles. The Bertz CT molecular complexity index is 865. The zero-order chi connectivity index (χ0) is 18.3. The molecule has 4 heterocycles. The Labute approximate surface area is 151 Å². The fourth-order valence-corrected chi connectivity index (χ4v) is 5.66. The normalized spacial score (nSPS) is 40.1. The highest BCUT2D eigenvalue weighted by Gasteiger charge is 2.68. The topological polar surface area (TPSA) is 78.9 Å². The van der Waals surface area contributed by atoms with E-state index in [1.807, 2.05) is 31.3 Å². The quantitative estimate of drug-likeness (QED) is 0.783. The number of rotatable bonds is 1. The molecule has 2 fully saturated rings. The molecule has 6 nitrogen and oxygen atoms in total. The van der Waals surface area contributed by atoms with Crippen LogP contribution in [0.1, 0.15) is 25.3 Å². The Morgan fingerprint density at radius 3 is 2.88 bits per heavy atom. The van der Waals surface area contributed by atoms with Crippen LogP contribution < -0.4 is 10.2 Å². The zero-order valence-electron chi connectivity index (χ0n) is 14.9. The third-order valence-corrected chi connectivity index (χ3v) is 6.94. The van der Waals surface area contributed by atoms with Crippen LogP contribution in [0.4, 0.5) is 5.69 Å². The molecule has 0 aromatic heterocycles. The minimum Gasteiger partial charge on any atom is -0.498 e. The van der Waals surface area contributed by atoms with Crippen molar-refractivity contribution in [3.8, 4) is 0 Å². The number of ketones is 1. The third kappa shape index (κ3) is 1.69. The van der Waals surface area contributed by atoms with Gasteiger partial charge in [-0.05, 0) is 31.4 Å². The summed E-state index contributed by atoms with van der Waals surface area (Å²) < 4.78 is 5.47. The highest BCUT2D eigenvalue weighted by Crippen LogP contribution is 2.56. The first kappa shape index (κ1) is 16.0. The number of hydrogen-bond donors (Lipinski definition) is 2. The molecule has 1 amide bonds. The SMILES string of the molecule is CC(=O)C1=COC[C@@]2(O)[C@H]3C[C@@]4(C(=O)N(C)c5ccccc54)[C@@H](C[C@@H]12)N3. The van der Waals surface area contributed by atoms with Crippen LogP contribution in [-0.4, -0.2) is 48.1 Å². The summed E-state index contributed by atoms with van der Waals surface area (Å²) in [6, 6.07) is 7.48. The fourth-order valence-electron chi connectivity index (χ4n) is 5.66. The summed E-state index contributed by atoms with van der Waals surface area (Å²) in [6.07, 6.45) is 2.55. The lowest BCUT2D eigenvalue weighted by Crippen LogP contribution is -2.64. The first-order valence-electron chi connectivity index (χ1n) is 9.08. The van der Waals surface area contributed by atoms with Gasteiger partial charge in [0.15, 0.2) is 5.78 Å². The van der Waals surface area contributed by atoms with Crippen LogP contribution in [0.5, 0.6) is 0 Å². The number of piperidine rings is 1. The number of Topliss-reactive ketones (excluding diaryl/α,β-unsaturated/α-hetero) is 1. The van der Waals surface area contributed by atoms with Crippen LogP contribution in [0, 0.1) is 5.92 Å². The molecule has 4 aliphatic rings. The van der Waals surface area contributed by atoms with Crippen LogP contribution in [0.25, 0.3) is 0 Å². The molecule has 1 spiro atoms. The summed E-state index contributed by atoms with van der Waals surface area (Å²) in [6.45, 7) is 1.64. The van der Waals surface area contributed by atoms with Crippen molar-refractivity contribution in [1.29, 1.82) is 0 Å². The van der Waals surface area contributed by atoms with E-state index in [0.717, 1.165) is 11.3 Å². The van der Waals surface area contributed by atoms with E-state index in [4.69, 9.17) is 4.74 Å². The Hall–Kier alpha value is -2.18. The summed E-state index contributed by atoms with van der Waals surface area (Å²) in [4.78, 5) is 27.2. The summed E-state index contributed by atoms with van der Waals surface area (Å²) in [5, 5.41) is 14.9. The summed E-state index contributed by atoms with van der Waals surface area (Å²) >= 11 is 0. The molecule has 0 aliphatic carbocycles. The molecule has 5 atom stereocenters. The van der Waals surface area contributed by atoms with Crippen molar-refractivity contribution < 1.29 is 19.4 Å². The molecule has 0 radical (unpaired) electrons. The number of anilines is 1. The van der Waals surface area contributed by atoms with Crippen LogP contribution in [-0.2, 0) is 19.7 Å². The number of ether oxygens (including phenoxy) is 1. The van der Waals surface area contributed by atoms with E-state index in [1.165, 1.54) is 13.2 Å². The average molecular weight is 354 g/mol. The Kier molecular flexibility index (Phi) is 3.06. The van der Waals surface area contributed by atoms with Crippen molar-refractivity contribution in [2.24, 2.45) is 5.92 Å². The molecule has 2 bridgehead atoms. The molecule has 26 heavy (non-hydrogen) atoms. The van der Waals surface area contributed by atoms with Crippen LogP contribution in [0.2, 0.25) is 0 Å². The van der Waals surface area contributed by atoms with Gasteiger partial charge in [-0.2, -0.15) is 0 Å². The minimum atomic E-state index is -1.17. The maximum absolute atomic E-state index is 13.3. The first-order chi connectivity index (χ1) is 12.4. The molecule has 0 unspecified atom stereocenters. The lowest BCUT2D eigenvalue weighted by atomic mass is 9.70. The maximum atomic E-state index is 13.3. The number of nitrogens with zero attached hydrogens (tertiary/aromatic N) is 1. The van der Waals surface area contributed by atoms with Gasteiger partial charge in [-0.25, -0.2) is 0 Å². The van der Waals surface area contributed by atoms with Crippen molar-refractivity contribution in [1.82, 2.24) is 5.32 Å². The molecular weight excluding hydrogens is 332 g/mol. The lowest BCUT2D eigenvalue weighted by molar-refractivity contribution is -0.126. The molecule has 2 saturated heterocycles. The van der Waals surface area contributed by atoms with E-state index in [2.05, 4.69) is 5.32 Å². The Morgan fingerprint density at radius 2 is 2.12 bits per heavy atom. The molecule has 0 saturated carbocycles. The smallest absolute Gasteiger partial charge is 0.239 e. The standard InChI is InChI=1S/C20H22N2O4/c1-11(23)12-9-26-10-20(25)14(12)7-16-19(8-17(20)21-16)13-5-3-4-6-15(13)22(2)18(19)24/h3-6,9,14,16-17,21,25H,7-8,10H2,1-2H3/t14-,16+,17+,19-,20-/m0/s1. The Morgan fingerprint density at radius 1 is 1.35 bits per heavy atom. The third-order valence-electron chi connectivity index (χ3n) is 6.94. The average Bonchev–Trinajstić information content (AvgIpc) is 3.07. The van der Waals surface area contributed by atoms with Gasteiger partial charge in [0, 0.05) is 36.3 Å². The molecular formula is C20H22N2O4. The number of hydrogen-bond acceptors (Lipinski definition) is 5. The number of benzene rings is 1. The number of likely N-dealkylation sites (N-methyl/N-ethyl adjacent to an activating group) is 1. The van der Waals surface area contributed by atoms with Gasteiger partial charge in [0.05, 0.1) is 11.7 Å². The number of amides is 1. The highest BCUT2D eigenvalue weighted by molar-refractivity contribution is 6.09. The largest absolute Gasteiger partial charge is 0.498 e. The minimum absolute atomic E-state index is 0.0650. The van der Waals surface area contributed by atoms with Gasteiger partial charge >= 0.3 is 0 Å². The van der Waals surface area contributed by atoms with Gasteiger partial charge in [-0.15, -0.1) is 0 Å². The molecule has 2 N–H and O–H groups in total. The predicted molar refractivity (Wildman–Crippen MR) is 94.6 cm³/mol. The number of nitrogens with one attached hydrogen (secondary N) is 1. The molecule has 5 rings (SSSR count). The van der Waals surface area contributed by atoms with Gasteiger partial charge in [-0.3, -0.25) is 9.59 Å². The number of carbonyl (C=O) groups excluding carboxylic acids is 2. The Balaban J connectivity index is 1.64. The predicted octanol–water partition coefficient (Wildman–Crippen LogP) is 0.885. The highest BCUT2D eigenvalue weighted by atomic mass is 16.5. The van der Waals surface area contributed by atoms with E-state index in [9.17, 15) is 14.7 Å². The van der Waals surface area contributed by atoms with Crippen LogP contribution >= 0.6 is 0 Å². The van der Waals surface area contributed by atoms with Gasteiger partial charge in [-0.1, -0.05) is 18.2 Å². The van der Waals surface area contributed by atoms with Gasteiger partial charge < -0.3 is 20.1 Å². The summed E-state index contributed by atoms with van der Waals surface area (Å²) in [7, 11) is 1.81. The van der Waals surface area contributed by atoms with E-state index in [1.54, 1.807) is 4.90 Å². The van der Waals surface area contributed by atoms with Crippen molar-refractivity contribution in [3.05, 3.63) is 41.7 Å². The molecule has 136 valence electrons. The first-order valence-corrected chi connectivity index (χ1v) is 9.08. The number of carbonyl (C=O) groups is 2. The molecule has 1 aromatic rings. The second-order valence-electron chi connectivity index (χ2n) is 8.05. The van der Waals surface area contributed by atoms with Crippen molar-refractivity contribution in [3.63, 3.8) is 0 Å². The van der Waals surface area contributed by atoms with Crippen molar-refractivity contribution in [2.75, 3.05) is 18.6 Å². The number of fused-ring (bicyclic) bond motifs is 7. The van der Waals surface area contributed by atoms with E-state index in [-0.39, 0.29) is 36.3 Å². The molecule has 6 heteroatoms. The second-order valence-corrected chi connectivity index (χ2v) is 8.05. The van der Waals surface area contributed by atoms with Crippen LogP contribution in [0.15, 0.2) is 36.1 Å². The lowest BCUT2D eigenvalue weighted by Gasteiger charge is -2.47. The summed E-state index contributed by atoms with van der Waals surface area (Å²) in [5.74, 6) is -0.329. The van der Waals surface area contributed by atoms with Gasteiger partial charge in [0.2, 0.25) is 5.91 Å². The fraction of sp³-hybridized carbons (Fsp3) is 0.500. The van der Waals surface area contributed by atoms with E-state index < -0.39 is 11.0 Å². The molecule has 4 aliphatic heterocycles. The second kappa shape index (κ2) is 4.96. The van der Waals surface area contributed by atoms with Gasteiger partial charge in [0.1, 0.15) is 12.2 Å². The van der Waals surface area contributed by atoms with Crippen molar-refractivity contribution in [2.45, 2.75) is 42.9 Å². The number of para-hydroxylation sites is 1. The summed E-state index contributed by atoms with van der Waals surface area (Å²) in [5.41, 5.74) is 0.612. The van der Waals surface area contributed by atoms with E-state index in [0.29, 0.717) is 18.4 Å². The maximum Gasteiger partial charge on any atom is 0.239 e. The van der Waals surface area contributed by atoms with Gasteiger partial charge in [0.25, 0.3) is 0 Å². The zero-order valence-corrected chi connectivity index (χ0v) is 14.9.